The number of methoxy groups -OCH3 is 2. The van der Waals surface area contributed by atoms with Gasteiger partial charge in [-0.05, 0) is 0 Å². The molecule has 0 bridgehead atoms. The Hall–Kier alpha value is -1.81. The summed E-state index contributed by atoms with van der Waals surface area (Å²) in [6, 6.07) is 0. The van der Waals surface area contributed by atoms with Crippen molar-refractivity contribution >= 4 is 11.2 Å². The average Bonchev–Trinajstić information content (AvgIpc) is 3.07. The molecule has 0 radical (unpaired) electrons. The summed E-state index contributed by atoms with van der Waals surface area (Å²) in [6.07, 6.45) is -0.111. The van der Waals surface area contributed by atoms with Crippen molar-refractivity contribution in [2.75, 3.05) is 20.8 Å². The van der Waals surface area contributed by atoms with Crippen LogP contribution in [-0.4, -0.2) is 68.9 Å². The van der Waals surface area contributed by atoms with Gasteiger partial charge in [0.25, 0.3) is 0 Å². The Morgan fingerprint density at radius 1 is 1.33 bits per heavy atom. The van der Waals surface area contributed by atoms with E-state index < -0.39 is 24.5 Å². The monoisotopic (exact) mass is 296 g/mol. The highest BCUT2D eigenvalue weighted by Gasteiger charge is 2.45. The number of aliphatic hydroxyl groups excluding tert-OH is 2. The Kier molecular flexibility index (Phi) is 3.72. The fourth-order valence-electron chi connectivity index (χ4n) is 2.55. The van der Waals surface area contributed by atoms with Gasteiger partial charge in [0.2, 0.25) is 5.88 Å². The molecule has 9 nitrogen and oxygen atoms in total. The molecule has 2 aromatic heterocycles. The third-order valence-corrected chi connectivity index (χ3v) is 3.55. The van der Waals surface area contributed by atoms with Crippen LogP contribution in [0.3, 0.4) is 0 Å². The van der Waals surface area contributed by atoms with Crippen LogP contribution in [0.4, 0.5) is 0 Å². The van der Waals surface area contributed by atoms with Gasteiger partial charge >= 0.3 is 0 Å². The zero-order valence-corrected chi connectivity index (χ0v) is 11.6. The average molecular weight is 296 g/mol. The van der Waals surface area contributed by atoms with Crippen LogP contribution >= 0.6 is 0 Å². The van der Waals surface area contributed by atoms with E-state index in [0.29, 0.717) is 17.0 Å². The molecule has 114 valence electrons. The number of aromatic nitrogens is 4. The molecule has 1 fully saturated rings. The van der Waals surface area contributed by atoms with E-state index in [2.05, 4.69) is 15.0 Å². The normalized spacial score (nSPS) is 29.1. The third kappa shape index (κ3) is 2.14. The smallest absolute Gasteiger partial charge is 0.245 e. The second-order valence-corrected chi connectivity index (χ2v) is 4.65. The van der Waals surface area contributed by atoms with Crippen LogP contribution in [0.1, 0.15) is 6.23 Å². The zero-order valence-electron chi connectivity index (χ0n) is 11.6. The first kappa shape index (κ1) is 14.1. The molecule has 0 aromatic carbocycles. The number of nitrogens with zero attached hydrogens (tertiary/aromatic N) is 4. The fourth-order valence-corrected chi connectivity index (χ4v) is 2.55. The first-order valence-electron chi connectivity index (χ1n) is 6.40. The number of imidazole rings is 1. The molecule has 1 unspecified atom stereocenters. The topological polar surface area (TPSA) is 112 Å². The van der Waals surface area contributed by atoms with Gasteiger partial charge in [0, 0.05) is 7.11 Å². The Balaban J connectivity index is 2.01. The molecule has 2 aromatic rings. The molecule has 1 aliphatic rings. The molecule has 21 heavy (non-hydrogen) atoms. The molecule has 0 amide bonds. The van der Waals surface area contributed by atoms with Gasteiger partial charge in [-0.15, -0.1) is 0 Å². The van der Waals surface area contributed by atoms with Gasteiger partial charge in [0.15, 0.2) is 17.4 Å². The molecular weight excluding hydrogens is 280 g/mol. The number of aliphatic hydroxyl groups is 2. The van der Waals surface area contributed by atoms with Crippen molar-refractivity contribution in [2.24, 2.45) is 0 Å². The van der Waals surface area contributed by atoms with Gasteiger partial charge in [0.1, 0.15) is 24.6 Å². The highest BCUT2D eigenvalue weighted by molar-refractivity contribution is 5.76. The minimum atomic E-state index is -0.953. The summed E-state index contributed by atoms with van der Waals surface area (Å²) in [5.41, 5.74) is 0.941. The Bertz CT molecular complexity index is 633. The van der Waals surface area contributed by atoms with E-state index in [0.717, 1.165) is 0 Å². The SMILES string of the molecule is COc1ncnc2c1ncn2[C@@H]1O[C@H](CO)[C@H](OC)C1O. The van der Waals surface area contributed by atoms with Crippen molar-refractivity contribution < 1.29 is 24.4 Å². The first-order chi connectivity index (χ1) is 10.2. The Labute approximate surface area is 120 Å². The van der Waals surface area contributed by atoms with Crippen LogP contribution in [-0.2, 0) is 9.47 Å². The predicted molar refractivity (Wildman–Crippen MR) is 69.7 cm³/mol. The standard InChI is InChI=1S/C12H16N4O5/c1-19-9-6(3-17)21-12(8(9)18)16-5-15-7-10(16)13-4-14-11(7)20-2/h4-6,8-9,12,17-18H,3H2,1-2H3/t6-,8?,9+,12-/m1/s1. The van der Waals surface area contributed by atoms with Gasteiger partial charge < -0.3 is 24.4 Å². The van der Waals surface area contributed by atoms with E-state index >= 15 is 0 Å². The molecule has 9 heteroatoms. The van der Waals surface area contributed by atoms with Gasteiger partial charge in [-0.3, -0.25) is 4.57 Å². The first-order valence-corrected chi connectivity index (χ1v) is 6.40. The molecule has 1 saturated heterocycles. The van der Waals surface area contributed by atoms with Gasteiger partial charge in [-0.25, -0.2) is 9.97 Å². The molecule has 1 aliphatic heterocycles. The van der Waals surface area contributed by atoms with Crippen molar-refractivity contribution in [3.05, 3.63) is 12.7 Å². The predicted octanol–water partition coefficient (Wildman–Crippen LogP) is -0.900. The summed E-state index contributed by atoms with van der Waals surface area (Å²) >= 11 is 0. The van der Waals surface area contributed by atoms with Gasteiger partial charge in [-0.1, -0.05) is 0 Å². The molecule has 3 heterocycles. The van der Waals surface area contributed by atoms with Crippen molar-refractivity contribution in [2.45, 2.75) is 24.5 Å². The van der Waals surface area contributed by atoms with Gasteiger partial charge in [-0.2, -0.15) is 4.98 Å². The van der Waals surface area contributed by atoms with E-state index in [4.69, 9.17) is 14.2 Å². The quantitative estimate of drug-likeness (QED) is 0.746. The molecular formula is C12H16N4O5. The van der Waals surface area contributed by atoms with Crippen molar-refractivity contribution in [1.29, 1.82) is 0 Å². The summed E-state index contributed by atoms with van der Waals surface area (Å²) in [4.78, 5) is 12.3. The number of ether oxygens (including phenoxy) is 3. The van der Waals surface area contributed by atoms with E-state index in [1.807, 2.05) is 0 Å². The van der Waals surface area contributed by atoms with Crippen LogP contribution in [0.25, 0.3) is 11.2 Å². The van der Waals surface area contributed by atoms with Crippen LogP contribution in [0, 0.1) is 0 Å². The van der Waals surface area contributed by atoms with Crippen LogP contribution in [0.15, 0.2) is 12.7 Å². The highest BCUT2D eigenvalue weighted by Crippen LogP contribution is 2.33. The van der Waals surface area contributed by atoms with E-state index in [1.165, 1.54) is 26.9 Å². The third-order valence-electron chi connectivity index (χ3n) is 3.55. The van der Waals surface area contributed by atoms with Crippen LogP contribution < -0.4 is 4.74 Å². The van der Waals surface area contributed by atoms with Gasteiger partial charge in [0.05, 0.1) is 20.0 Å². The largest absolute Gasteiger partial charge is 0.479 e. The van der Waals surface area contributed by atoms with Crippen LogP contribution in [0.2, 0.25) is 0 Å². The molecule has 4 atom stereocenters. The lowest BCUT2D eigenvalue weighted by molar-refractivity contribution is -0.0535. The lowest BCUT2D eigenvalue weighted by atomic mass is 10.1. The molecule has 3 rings (SSSR count). The summed E-state index contributed by atoms with van der Waals surface area (Å²) in [5, 5.41) is 19.6. The van der Waals surface area contributed by atoms with E-state index in [9.17, 15) is 10.2 Å². The summed E-state index contributed by atoms with van der Waals surface area (Å²) < 4.78 is 17.5. The van der Waals surface area contributed by atoms with Crippen molar-refractivity contribution in [3.8, 4) is 5.88 Å². The number of hydrogen-bond acceptors (Lipinski definition) is 8. The van der Waals surface area contributed by atoms with Crippen LogP contribution in [0.5, 0.6) is 5.88 Å². The summed E-state index contributed by atoms with van der Waals surface area (Å²) in [6.45, 7) is -0.253. The molecule has 0 spiro atoms. The van der Waals surface area contributed by atoms with E-state index in [1.54, 1.807) is 4.57 Å². The second kappa shape index (κ2) is 5.53. The summed E-state index contributed by atoms with van der Waals surface area (Å²) in [7, 11) is 2.95. The maximum Gasteiger partial charge on any atom is 0.245 e. The second-order valence-electron chi connectivity index (χ2n) is 4.65. The van der Waals surface area contributed by atoms with Crippen molar-refractivity contribution in [3.63, 3.8) is 0 Å². The summed E-state index contributed by atoms with van der Waals surface area (Å²) in [5.74, 6) is 0.341. The van der Waals surface area contributed by atoms with E-state index in [-0.39, 0.29) is 6.61 Å². The number of rotatable bonds is 4. The maximum absolute atomic E-state index is 10.3. The fraction of sp³-hybridized carbons (Fsp3) is 0.583. The van der Waals surface area contributed by atoms with Crippen molar-refractivity contribution in [1.82, 2.24) is 19.5 Å². The molecule has 2 N–H and O–H groups in total. The Morgan fingerprint density at radius 2 is 2.14 bits per heavy atom. The zero-order chi connectivity index (χ0) is 15.0. The lowest BCUT2D eigenvalue weighted by Gasteiger charge is -2.17. The minimum absolute atomic E-state index is 0.253. The molecule has 0 saturated carbocycles. The Morgan fingerprint density at radius 3 is 2.76 bits per heavy atom. The lowest BCUT2D eigenvalue weighted by Crippen LogP contribution is -2.35. The maximum atomic E-state index is 10.3. The minimum Gasteiger partial charge on any atom is -0.479 e. The molecule has 0 aliphatic carbocycles. The highest BCUT2D eigenvalue weighted by atomic mass is 16.6. The number of hydrogen-bond donors (Lipinski definition) is 2. The number of fused-ring (bicyclic) bond motifs is 1.